The third-order valence-corrected chi connectivity index (χ3v) is 5.24. The Labute approximate surface area is 120 Å². The molecule has 1 aromatic carbocycles. The summed E-state index contributed by atoms with van der Waals surface area (Å²) in [5.41, 5.74) is 1.40. The van der Waals surface area contributed by atoms with Crippen LogP contribution in [0.25, 0.3) is 0 Å². The second-order valence-corrected chi connectivity index (χ2v) is 6.51. The fraction of sp³-hybridized carbons (Fsp3) is 0.231. The Balaban J connectivity index is 2.01. The van der Waals surface area contributed by atoms with Crippen LogP contribution in [0.15, 0.2) is 35.6 Å². The molecule has 0 amide bonds. The molecule has 0 saturated heterocycles. The van der Waals surface area contributed by atoms with Crippen LogP contribution < -0.4 is 0 Å². The van der Waals surface area contributed by atoms with Gasteiger partial charge in [-0.2, -0.15) is 4.31 Å². The maximum Gasteiger partial charge on any atom is 0.249 e. The van der Waals surface area contributed by atoms with Crippen molar-refractivity contribution in [2.45, 2.75) is 17.9 Å². The van der Waals surface area contributed by atoms with Crippen molar-refractivity contribution in [1.82, 2.24) is 14.3 Å². The van der Waals surface area contributed by atoms with Gasteiger partial charge in [-0.25, -0.2) is 27.2 Å². The normalized spacial score (nSPS) is 15.7. The Morgan fingerprint density at radius 3 is 2.62 bits per heavy atom. The van der Waals surface area contributed by atoms with Crippen LogP contribution in [-0.4, -0.2) is 29.2 Å². The van der Waals surface area contributed by atoms with Gasteiger partial charge in [0.1, 0.15) is 18.0 Å². The van der Waals surface area contributed by atoms with E-state index in [2.05, 4.69) is 9.97 Å². The van der Waals surface area contributed by atoms with E-state index in [1.54, 1.807) is 0 Å². The summed E-state index contributed by atoms with van der Waals surface area (Å²) in [5.74, 6) is -2.18. The van der Waals surface area contributed by atoms with Crippen molar-refractivity contribution in [2.24, 2.45) is 0 Å². The summed E-state index contributed by atoms with van der Waals surface area (Å²) >= 11 is 0. The van der Waals surface area contributed by atoms with Crippen LogP contribution >= 0.6 is 0 Å². The number of nitrogens with zero attached hydrogens (tertiary/aromatic N) is 3. The van der Waals surface area contributed by atoms with Crippen molar-refractivity contribution >= 4 is 10.0 Å². The van der Waals surface area contributed by atoms with Gasteiger partial charge in [0, 0.05) is 37.0 Å². The molecule has 2 heterocycles. The standard InChI is InChI=1S/C13H11F2N3O2S/c14-10-2-1-3-11(15)13(10)21(19,20)18-5-4-12-9(7-18)6-16-8-17-12/h1-3,6,8H,4-5,7H2. The average Bonchev–Trinajstić information content (AvgIpc) is 2.46. The van der Waals surface area contributed by atoms with Crippen molar-refractivity contribution < 1.29 is 17.2 Å². The molecule has 0 N–H and O–H groups in total. The predicted molar refractivity (Wildman–Crippen MR) is 69.7 cm³/mol. The number of fused-ring (bicyclic) bond motifs is 1. The second-order valence-electron chi connectivity index (χ2n) is 4.63. The summed E-state index contributed by atoms with van der Waals surface area (Å²) in [6.45, 7) is 0.131. The van der Waals surface area contributed by atoms with E-state index < -0.39 is 26.6 Å². The maximum absolute atomic E-state index is 13.7. The summed E-state index contributed by atoms with van der Waals surface area (Å²) in [6, 6.07) is 2.98. The number of aromatic nitrogens is 2. The molecule has 2 aromatic rings. The minimum atomic E-state index is -4.24. The first-order valence-corrected chi connectivity index (χ1v) is 7.66. The van der Waals surface area contributed by atoms with Crippen molar-refractivity contribution in [1.29, 1.82) is 0 Å². The van der Waals surface area contributed by atoms with Crippen molar-refractivity contribution in [2.75, 3.05) is 6.54 Å². The molecule has 1 aliphatic rings. The van der Waals surface area contributed by atoms with Gasteiger partial charge in [0.2, 0.25) is 10.0 Å². The Kier molecular flexibility index (Phi) is 3.42. The fourth-order valence-corrected chi connectivity index (χ4v) is 3.83. The van der Waals surface area contributed by atoms with E-state index in [1.165, 1.54) is 12.5 Å². The molecular weight excluding hydrogens is 300 g/mol. The first-order valence-electron chi connectivity index (χ1n) is 6.22. The lowest BCUT2D eigenvalue weighted by molar-refractivity contribution is 0.380. The molecule has 8 heteroatoms. The van der Waals surface area contributed by atoms with Crippen LogP contribution in [0.3, 0.4) is 0 Å². The molecular formula is C13H11F2N3O2S. The van der Waals surface area contributed by atoms with Gasteiger partial charge in [0.25, 0.3) is 0 Å². The minimum absolute atomic E-state index is 0.00623. The Morgan fingerprint density at radius 2 is 1.90 bits per heavy atom. The number of hydrogen-bond donors (Lipinski definition) is 0. The molecule has 110 valence electrons. The van der Waals surface area contributed by atoms with E-state index in [1.807, 2.05) is 0 Å². The molecule has 0 spiro atoms. The van der Waals surface area contributed by atoms with Crippen LogP contribution in [0.5, 0.6) is 0 Å². The summed E-state index contributed by atoms with van der Waals surface area (Å²) in [6.07, 6.45) is 3.29. The highest BCUT2D eigenvalue weighted by molar-refractivity contribution is 7.89. The lowest BCUT2D eigenvalue weighted by Gasteiger charge is -2.27. The van der Waals surface area contributed by atoms with Crippen LogP contribution in [-0.2, 0) is 23.0 Å². The monoisotopic (exact) mass is 311 g/mol. The van der Waals surface area contributed by atoms with Crippen molar-refractivity contribution in [3.8, 4) is 0 Å². The quantitative estimate of drug-likeness (QED) is 0.843. The molecule has 0 aliphatic carbocycles. The first kappa shape index (κ1) is 14.0. The summed E-state index contributed by atoms with van der Waals surface area (Å²) in [7, 11) is -4.24. The van der Waals surface area contributed by atoms with Gasteiger partial charge in [-0.3, -0.25) is 0 Å². The topological polar surface area (TPSA) is 63.2 Å². The molecule has 21 heavy (non-hydrogen) atoms. The first-order chi connectivity index (χ1) is 10.00. The molecule has 0 unspecified atom stereocenters. The summed E-state index contributed by atoms with van der Waals surface area (Å²) in [4.78, 5) is 6.99. The Morgan fingerprint density at radius 1 is 1.19 bits per heavy atom. The van der Waals surface area contributed by atoms with Gasteiger partial charge in [-0.15, -0.1) is 0 Å². The van der Waals surface area contributed by atoms with E-state index in [9.17, 15) is 17.2 Å². The third kappa shape index (κ3) is 2.40. The number of halogens is 2. The largest absolute Gasteiger partial charge is 0.249 e. The molecule has 5 nitrogen and oxygen atoms in total. The minimum Gasteiger partial charge on any atom is -0.244 e. The second kappa shape index (κ2) is 5.12. The Bertz CT molecular complexity index is 776. The van der Waals surface area contributed by atoms with E-state index >= 15 is 0 Å². The lowest BCUT2D eigenvalue weighted by Crippen LogP contribution is -2.37. The summed E-state index contributed by atoms with van der Waals surface area (Å²) < 4.78 is 53.4. The van der Waals surface area contributed by atoms with E-state index in [-0.39, 0.29) is 13.1 Å². The number of hydrogen-bond acceptors (Lipinski definition) is 4. The highest BCUT2D eigenvalue weighted by Gasteiger charge is 2.33. The average molecular weight is 311 g/mol. The molecule has 0 fully saturated rings. The molecule has 1 aliphatic heterocycles. The summed E-state index contributed by atoms with van der Waals surface area (Å²) in [5, 5.41) is 0. The molecule has 0 radical (unpaired) electrons. The highest BCUT2D eigenvalue weighted by atomic mass is 32.2. The van der Waals surface area contributed by atoms with Gasteiger partial charge >= 0.3 is 0 Å². The lowest BCUT2D eigenvalue weighted by atomic mass is 10.1. The van der Waals surface area contributed by atoms with Crippen molar-refractivity contribution in [3.05, 3.63) is 53.6 Å². The third-order valence-electron chi connectivity index (χ3n) is 3.34. The van der Waals surface area contributed by atoms with Crippen molar-refractivity contribution in [3.63, 3.8) is 0 Å². The van der Waals surface area contributed by atoms with Gasteiger partial charge in [-0.05, 0) is 12.1 Å². The zero-order valence-electron chi connectivity index (χ0n) is 10.8. The Hall–Kier alpha value is -1.93. The van der Waals surface area contributed by atoms with E-state index in [0.717, 1.165) is 28.2 Å². The number of rotatable bonds is 2. The van der Waals surface area contributed by atoms with Crippen LogP contribution in [0.2, 0.25) is 0 Å². The van der Waals surface area contributed by atoms with Crippen LogP contribution in [0.4, 0.5) is 8.78 Å². The number of benzene rings is 1. The van der Waals surface area contributed by atoms with Gasteiger partial charge in [-0.1, -0.05) is 6.07 Å². The highest BCUT2D eigenvalue weighted by Crippen LogP contribution is 2.26. The SMILES string of the molecule is O=S(=O)(c1c(F)cccc1F)N1CCc2ncncc2C1. The fourth-order valence-electron chi connectivity index (χ4n) is 2.30. The van der Waals surface area contributed by atoms with Gasteiger partial charge in [0.05, 0.1) is 0 Å². The zero-order chi connectivity index (χ0) is 15.0. The molecule has 0 saturated carbocycles. The van der Waals surface area contributed by atoms with E-state index in [4.69, 9.17) is 0 Å². The van der Waals surface area contributed by atoms with Crippen LogP contribution in [0.1, 0.15) is 11.3 Å². The molecule has 0 bridgehead atoms. The molecule has 0 atom stereocenters. The predicted octanol–water partition coefficient (Wildman–Crippen LogP) is 1.50. The van der Waals surface area contributed by atoms with Gasteiger partial charge < -0.3 is 0 Å². The molecule has 3 rings (SSSR count). The maximum atomic E-state index is 13.7. The number of sulfonamides is 1. The van der Waals surface area contributed by atoms with E-state index in [0.29, 0.717) is 12.0 Å². The van der Waals surface area contributed by atoms with Crippen LogP contribution in [0, 0.1) is 11.6 Å². The smallest absolute Gasteiger partial charge is 0.244 e. The zero-order valence-corrected chi connectivity index (χ0v) is 11.6. The molecule has 1 aromatic heterocycles. The van der Waals surface area contributed by atoms with Gasteiger partial charge in [0.15, 0.2) is 4.90 Å².